The van der Waals surface area contributed by atoms with E-state index in [2.05, 4.69) is 25.5 Å². The summed E-state index contributed by atoms with van der Waals surface area (Å²) in [5.74, 6) is 0. The van der Waals surface area contributed by atoms with Gasteiger partial charge in [-0.2, -0.15) is 0 Å². The quantitative estimate of drug-likeness (QED) is 0.534. The zero-order valence-electron chi connectivity index (χ0n) is 13.1. The van der Waals surface area contributed by atoms with E-state index < -0.39 is 0 Å². The molecule has 8 heteroatoms. The highest BCUT2D eigenvalue weighted by molar-refractivity contribution is 8.01. The smallest absolute Gasteiger partial charge is 0.206 e. The van der Waals surface area contributed by atoms with E-state index in [0.29, 0.717) is 6.04 Å². The third-order valence-electron chi connectivity index (χ3n) is 4.46. The van der Waals surface area contributed by atoms with E-state index in [4.69, 9.17) is 0 Å². The first-order valence-corrected chi connectivity index (χ1v) is 10.8. The monoisotopic (exact) mass is 375 g/mol. The largest absolute Gasteiger partial charge is 0.357 e. The van der Waals surface area contributed by atoms with Crippen molar-refractivity contribution >= 4 is 49.8 Å². The topological polar surface area (TPSA) is 63.6 Å². The molecule has 5 nitrogen and oxygen atoms in total. The number of hydrogen-bond donors (Lipinski definition) is 1. The number of anilines is 1. The summed E-state index contributed by atoms with van der Waals surface area (Å²) in [6, 6.07) is 0.606. The fourth-order valence-corrected chi connectivity index (χ4v) is 6.27. The molecule has 0 aliphatic heterocycles. The minimum Gasteiger partial charge on any atom is -0.357 e. The van der Waals surface area contributed by atoms with Gasteiger partial charge in [-0.05, 0) is 55.9 Å². The summed E-state index contributed by atoms with van der Waals surface area (Å²) in [6.45, 7) is 0. The van der Waals surface area contributed by atoms with Crippen molar-refractivity contribution in [1.82, 2.24) is 20.2 Å². The van der Waals surface area contributed by atoms with Gasteiger partial charge in [0.2, 0.25) is 5.13 Å². The Morgan fingerprint density at radius 1 is 1.04 bits per heavy atom. The number of hydrogen-bond acceptors (Lipinski definition) is 8. The molecule has 3 heterocycles. The summed E-state index contributed by atoms with van der Waals surface area (Å²) in [7, 11) is 0. The molecule has 0 saturated heterocycles. The van der Waals surface area contributed by atoms with Gasteiger partial charge >= 0.3 is 0 Å². The fraction of sp³-hybridized carbons (Fsp3) is 0.500. The average molecular weight is 376 g/mol. The maximum atomic E-state index is 4.57. The molecule has 2 aliphatic carbocycles. The maximum absolute atomic E-state index is 4.57. The van der Waals surface area contributed by atoms with E-state index in [1.807, 2.05) is 11.3 Å². The molecular formula is C16H17N5S3. The van der Waals surface area contributed by atoms with Crippen LogP contribution in [-0.4, -0.2) is 26.2 Å². The molecule has 0 amide bonds. The first-order chi connectivity index (χ1) is 11.9. The van der Waals surface area contributed by atoms with Crippen LogP contribution in [0.4, 0.5) is 5.13 Å². The summed E-state index contributed by atoms with van der Waals surface area (Å²) in [4.78, 5) is 11.7. The minimum atomic E-state index is 0.606. The average Bonchev–Trinajstić information content (AvgIpc) is 3.24. The highest BCUT2D eigenvalue weighted by atomic mass is 32.2. The lowest BCUT2D eigenvalue weighted by molar-refractivity contribution is 0.713. The SMILES string of the molecule is c1nc(Sc2nnc(NC3CC3)s2)c2c3c(sc2n1)CCCCC3. The summed E-state index contributed by atoms with van der Waals surface area (Å²) in [6.07, 6.45) is 10.4. The van der Waals surface area contributed by atoms with Crippen molar-refractivity contribution in [3.63, 3.8) is 0 Å². The van der Waals surface area contributed by atoms with Crippen LogP contribution in [0.1, 0.15) is 42.5 Å². The van der Waals surface area contributed by atoms with Crippen LogP contribution in [0, 0.1) is 0 Å². The lowest BCUT2D eigenvalue weighted by Crippen LogP contribution is -1.99. The van der Waals surface area contributed by atoms with Crippen LogP contribution < -0.4 is 5.32 Å². The fourth-order valence-electron chi connectivity index (χ4n) is 3.11. The van der Waals surface area contributed by atoms with Gasteiger partial charge in [-0.25, -0.2) is 9.97 Å². The molecule has 3 aromatic rings. The number of nitrogens with zero attached hydrogens (tertiary/aromatic N) is 4. The van der Waals surface area contributed by atoms with Crippen LogP contribution in [0.3, 0.4) is 0 Å². The zero-order chi connectivity index (χ0) is 15.9. The third-order valence-corrected chi connectivity index (χ3v) is 7.57. The predicted molar refractivity (Wildman–Crippen MR) is 99.4 cm³/mol. The van der Waals surface area contributed by atoms with E-state index in [-0.39, 0.29) is 0 Å². The summed E-state index contributed by atoms with van der Waals surface area (Å²) in [5, 5.41) is 15.2. The van der Waals surface area contributed by atoms with E-state index in [9.17, 15) is 0 Å². The molecule has 0 bridgehead atoms. The van der Waals surface area contributed by atoms with Crippen LogP contribution in [0.25, 0.3) is 10.2 Å². The standard InChI is InChI=1S/C16H17N5S3/c1-2-4-10-11(5-3-1)22-13-12(10)14(18-8-17-13)23-16-21-20-15(24-16)19-9-6-7-9/h8-9H,1-7H2,(H,19,20). The van der Waals surface area contributed by atoms with Crippen LogP contribution >= 0.6 is 34.4 Å². The molecule has 0 radical (unpaired) electrons. The third kappa shape index (κ3) is 2.91. The number of aryl methyl sites for hydroxylation is 2. The summed E-state index contributed by atoms with van der Waals surface area (Å²) in [5.41, 5.74) is 1.48. The Bertz CT molecular complexity index is 883. The van der Waals surface area contributed by atoms with Gasteiger partial charge < -0.3 is 5.32 Å². The lowest BCUT2D eigenvalue weighted by Gasteiger charge is -2.02. The van der Waals surface area contributed by atoms with Crippen molar-refractivity contribution in [1.29, 1.82) is 0 Å². The zero-order valence-corrected chi connectivity index (χ0v) is 15.6. The van der Waals surface area contributed by atoms with Gasteiger partial charge in [-0.15, -0.1) is 21.5 Å². The molecule has 0 aromatic carbocycles. The second-order valence-electron chi connectivity index (χ2n) is 6.32. The molecule has 5 rings (SSSR count). The lowest BCUT2D eigenvalue weighted by atomic mass is 10.1. The molecule has 2 aliphatic rings. The van der Waals surface area contributed by atoms with Crippen LogP contribution in [-0.2, 0) is 12.8 Å². The molecule has 124 valence electrons. The van der Waals surface area contributed by atoms with E-state index in [1.165, 1.54) is 54.4 Å². The highest BCUT2D eigenvalue weighted by Crippen LogP contribution is 2.41. The molecule has 3 aromatic heterocycles. The van der Waals surface area contributed by atoms with Gasteiger partial charge in [0.1, 0.15) is 16.2 Å². The van der Waals surface area contributed by atoms with Gasteiger partial charge in [0, 0.05) is 16.3 Å². The first kappa shape index (κ1) is 15.0. The second kappa shape index (κ2) is 6.24. The second-order valence-corrected chi connectivity index (χ2v) is 9.61. The van der Waals surface area contributed by atoms with Gasteiger partial charge in [-0.1, -0.05) is 17.8 Å². The molecule has 24 heavy (non-hydrogen) atoms. The maximum Gasteiger partial charge on any atom is 0.206 e. The van der Waals surface area contributed by atoms with Crippen molar-refractivity contribution in [2.75, 3.05) is 5.32 Å². The van der Waals surface area contributed by atoms with Gasteiger partial charge in [-0.3, -0.25) is 0 Å². The Labute approximate surface area is 152 Å². The Hall–Kier alpha value is -1.25. The molecule has 0 atom stereocenters. The van der Waals surface area contributed by atoms with E-state index >= 15 is 0 Å². The number of fused-ring (bicyclic) bond motifs is 3. The normalized spacial score (nSPS) is 17.7. The molecule has 0 unspecified atom stereocenters. The Balaban J connectivity index is 1.49. The van der Waals surface area contributed by atoms with Crippen molar-refractivity contribution in [2.24, 2.45) is 0 Å². The number of aromatic nitrogens is 4. The minimum absolute atomic E-state index is 0.606. The Kier molecular flexibility index (Phi) is 3.91. The summed E-state index contributed by atoms with van der Waals surface area (Å²) < 4.78 is 0.951. The van der Waals surface area contributed by atoms with Crippen molar-refractivity contribution < 1.29 is 0 Å². The number of rotatable bonds is 4. The molecule has 1 saturated carbocycles. The highest BCUT2D eigenvalue weighted by Gasteiger charge is 2.23. The predicted octanol–water partition coefficient (Wildman–Crippen LogP) is 4.54. The van der Waals surface area contributed by atoms with Gasteiger partial charge in [0.05, 0.1) is 0 Å². The van der Waals surface area contributed by atoms with Crippen molar-refractivity contribution in [3.8, 4) is 0 Å². The molecular weight excluding hydrogens is 358 g/mol. The number of nitrogens with one attached hydrogen (secondary N) is 1. The van der Waals surface area contributed by atoms with Crippen molar-refractivity contribution in [2.45, 2.75) is 60.4 Å². The Morgan fingerprint density at radius 2 is 1.96 bits per heavy atom. The Morgan fingerprint density at radius 3 is 2.88 bits per heavy atom. The first-order valence-electron chi connectivity index (χ1n) is 8.40. The molecule has 0 spiro atoms. The number of thiophene rings is 1. The van der Waals surface area contributed by atoms with Crippen LogP contribution in [0.15, 0.2) is 15.7 Å². The van der Waals surface area contributed by atoms with E-state index in [0.717, 1.165) is 25.7 Å². The van der Waals surface area contributed by atoms with Crippen LogP contribution in [0.5, 0.6) is 0 Å². The van der Waals surface area contributed by atoms with Crippen molar-refractivity contribution in [3.05, 3.63) is 16.8 Å². The van der Waals surface area contributed by atoms with Gasteiger partial charge in [0.25, 0.3) is 0 Å². The van der Waals surface area contributed by atoms with Crippen LogP contribution in [0.2, 0.25) is 0 Å². The molecule has 1 fully saturated rings. The van der Waals surface area contributed by atoms with E-state index in [1.54, 1.807) is 29.4 Å². The van der Waals surface area contributed by atoms with Gasteiger partial charge in [0.15, 0.2) is 4.34 Å². The molecule has 1 N–H and O–H groups in total. The summed E-state index contributed by atoms with van der Waals surface area (Å²) >= 11 is 5.10.